The van der Waals surface area contributed by atoms with Crippen LogP contribution < -0.4 is 5.32 Å². The Morgan fingerprint density at radius 3 is 2.94 bits per heavy atom. The van der Waals surface area contributed by atoms with Crippen LogP contribution in [-0.2, 0) is 0 Å². The number of aliphatic hydroxyl groups is 1. The van der Waals surface area contributed by atoms with E-state index in [1.807, 2.05) is 30.7 Å². The van der Waals surface area contributed by atoms with Gasteiger partial charge in [0.2, 0.25) is 0 Å². The molecule has 1 rings (SSSR count). The van der Waals surface area contributed by atoms with Crippen molar-refractivity contribution in [1.29, 1.82) is 5.26 Å². The highest BCUT2D eigenvalue weighted by Crippen LogP contribution is 2.20. The summed E-state index contributed by atoms with van der Waals surface area (Å²) in [5, 5.41) is 25.8. The van der Waals surface area contributed by atoms with Crippen molar-refractivity contribution in [2.24, 2.45) is 5.41 Å². The summed E-state index contributed by atoms with van der Waals surface area (Å²) in [6.07, 6.45) is 1.41. The second-order valence-corrected chi connectivity index (χ2v) is 5.66. The maximum Gasteiger partial charge on any atom is 0.0922 e. The van der Waals surface area contributed by atoms with Gasteiger partial charge in [-0.05, 0) is 55.6 Å². The van der Waals surface area contributed by atoms with E-state index in [9.17, 15) is 5.11 Å². The highest BCUT2D eigenvalue weighted by atomic mass is 32.1. The van der Waals surface area contributed by atoms with E-state index in [0.717, 1.165) is 24.9 Å². The summed E-state index contributed by atoms with van der Waals surface area (Å²) < 4.78 is 0. The molecule has 2 N–H and O–H groups in total. The zero-order valence-corrected chi connectivity index (χ0v) is 11.3. The molecule has 94 valence electrons. The number of nitriles is 1. The summed E-state index contributed by atoms with van der Waals surface area (Å²) in [4.78, 5) is 0. The van der Waals surface area contributed by atoms with Crippen LogP contribution in [0.5, 0.6) is 0 Å². The zero-order chi connectivity index (χ0) is 12.7. The molecule has 1 aromatic rings. The van der Waals surface area contributed by atoms with Gasteiger partial charge in [-0.25, -0.2) is 0 Å². The molecule has 1 aromatic heterocycles. The van der Waals surface area contributed by atoms with E-state index in [-0.39, 0.29) is 5.41 Å². The van der Waals surface area contributed by atoms with Gasteiger partial charge in [-0.3, -0.25) is 0 Å². The number of nitrogens with zero attached hydrogens (tertiary/aromatic N) is 1. The zero-order valence-electron chi connectivity index (χ0n) is 10.4. The molecule has 1 heterocycles. The first-order valence-corrected chi connectivity index (χ1v) is 6.81. The molecule has 1 atom stereocenters. The minimum Gasteiger partial charge on any atom is -0.387 e. The second-order valence-electron chi connectivity index (χ2n) is 4.88. The third-order valence-electron chi connectivity index (χ3n) is 2.72. The quantitative estimate of drug-likeness (QED) is 0.734. The number of thiophene rings is 1. The fourth-order valence-corrected chi connectivity index (χ4v) is 2.24. The Morgan fingerprint density at radius 1 is 1.59 bits per heavy atom. The molecule has 0 aliphatic rings. The van der Waals surface area contributed by atoms with Crippen LogP contribution in [0.4, 0.5) is 0 Å². The maximum atomic E-state index is 9.81. The molecule has 0 bridgehead atoms. The number of hydrogen-bond donors (Lipinski definition) is 2. The summed E-state index contributed by atoms with van der Waals surface area (Å²) in [5.74, 6) is 0. The topological polar surface area (TPSA) is 56.0 Å². The lowest BCUT2D eigenvalue weighted by Gasteiger charge is -2.15. The van der Waals surface area contributed by atoms with Gasteiger partial charge in [0.25, 0.3) is 0 Å². The van der Waals surface area contributed by atoms with Crippen LogP contribution in [0, 0.1) is 16.7 Å². The number of rotatable bonds is 7. The van der Waals surface area contributed by atoms with E-state index in [0.29, 0.717) is 6.54 Å². The summed E-state index contributed by atoms with van der Waals surface area (Å²) >= 11 is 1.59. The Labute approximate surface area is 107 Å². The van der Waals surface area contributed by atoms with Crippen molar-refractivity contribution in [2.75, 3.05) is 13.1 Å². The van der Waals surface area contributed by atoms with Gasteiger partial charge in [-0.1, -0.05) is 0 Å². The van der Waals surface area contributed by atoms with Crippen molar-refractivity contribution >= 4 is 11.3 Å². The molecule has 0 spiro atoms. The van der Waals surface area contributed by atoms with Crippen molar-refractivity contribution in [3.05, 3.63) is 22.4 Å². The smallest absolute Gasteiger partial charge is 0.0922 e. The molecule has 0 fully saturated rings. The lowest BCUT2D eigenvalue weighted by molar-refractivity contribution is 0.175. The Morgan fingerprint density at radius 2 is 2.35 bits per heavy atom. The Hall–Kier alpha value is -0.890. The van der Waals surface area contributed by atoms with E-state index in [1.54, 1.807) is 11.3 Å². The Kier molecular flexibility index (Phi) is 5.63. The van der Waals surface area contributed by atoms with Crippen LogP contribution in [0.1, 0.15) is 38.4 Å². The molecule has 0 saturated heterocycles. The standard InChI is InChI=1S/C13H20N2OS/c1-13(2,10-14)5-3-6-15-8-12(16)11-4-7-17-9-11/h4,7,9,12,15-16H,3,5-6,8H2,1-2H3. The minimum atomic E-state index is -0.426. The van der Waals surface area contributed by atoms with Crippen LogP contribution in [0.15, 0.2) is 16.8 Å². The van der Waals surface area contributed by atoms with Crippen molar-refractivity contribution in [2.45, 2.75) is 32.8 Å². The van der Waals surface area contributed by atoms with Crippen LogP contribution in [0.3, 0.4) is 0 Å². The minimum absolute atomic E-state index is 0.242. The van der Waals surface area contributed by atoms with Gasteiger partial charge in [-0.2, -0.15) is 16.6 Å². The second kappa shape index (κ2) is 6.75. The number of hydrogen-bond acceptors (Lipinski definition) is 4. The first-order valence-electron chi connectivity index (χ1n) is 5.87. The summed E-state index contributed by atoms with van der Waals surface area (Å²) in [5.41, 5.74) is 0.730. The highest BCUT2D eigenvalue weighted by molar-refractivity contribution is 7.07. The van der Waals surface area contributed by atoms with Gasteiger partial charge >= 0.3 is 0 Å². The van der Waals surface area contributed by atoms with Crippen LogP contribution in [0.25, 0.3) is 0 Å². The molecule has 0 amide bonds. The fourth-order valence-electron chi connectivity index (χ4n) is 1.53. The van der Waals surface area contributed by atoms with Crippen LogP contribution in [-0.4, -0.2) is 18.2 Å². The fraction of sp³-hybridized carbons (Fsp3) is 0.615. The number of aliphatic hydroxyl groups excluding tert-OH is 1. The van der Waals surface area contributed by atoms with E-state index in [2.05, 4.69) is 11.4 Å². The highest BCUT2D eigenvalue weighted by Gasteiger charge is 2.15. The molecule has 0 aliphatic carbocycles. The molecule has 3 nitrogen and oxygen atoms in total. The summed E-state index contributed by atoms with van der Waals surface area (Å²) in [6, 6.07) is 4.23. The predicted molar refractivity (Wildman–Crippen MR) is 70.8 cm³/mol. The van der Waals surface area contributed by atoms with Crippen molar-refractivity contribution in [3.63, 3.8) is 0 Å². The van der Waals surface area contributed by atoms with Gasteiger partial charge in [0.15, 0.2) is 0 Å². The van der Waals surface area contributed by atoms with Gasteiger partial charge in [0, 0.05) is 6.54 Å². The molecule has 0 aliphatic heterocycles. The lowest BCUT2D eigenvalue weighted by Crippen LogP contribution is -2.23. The summed E-state index contributed by atoms with van der Waals surface area (Å²) in [6.45, 7) is 5.32. The molecule has 0 saturated carbocycles. The average molecular weight is 252 g/mol. The molecule has 0 radical (unpaired) electrons. The maximum absolute atomic E-state index is 9.81. The number of nitrogens with one attached hydrogen (secondary N) is 1. The molecule has 4 heteroatoms. The first-order chi connectivity index (χ1) is 8.05. The Balaban J connectivity index is 2.11. The van der Waals surface area contributed by atoms with Crippen molar-refractivity contribution in [3.8, 4) is 6.07 Å². The lowest BCUT2D eigenvalue weighted by atomic mass is 9.90. The molecule has 0 aromatic carbocycles. The molecule has 1 unspecified atom stereocenters. The van der Waals surface area contributed by atoms with Crippen LogP contribution in [0.2, 0.25) is 0 Å². The van der Waals surface area contributed by atoms with E-state index >= 15 is 0 Å². The van der Waals surface area contributed by atoms with E-state index in [1.165, 1.54) is 0 Å². The first kappa shape index (κ1) is 14.2. The van der Waals surface area contributed by atoms with Gasteiger partial charge in [-0.15, -0.1) is 0 Å². The average Bonchev–Trinajstić information content (AvgIpc) is 2.82. The van der Waals surface area contributed by atoms with E-state index in [4.69, 9.17) is 5.26 Å². The third kappa shape index (κ3) is 5.31. The molecular formula is C13H20N2OS. The van der Waals surface area contributed by atoms with Gasteiger partial charge in [0.1, 0.15) is 0 Å². The third-order valence-corrected chi connectivity index (χ3v) is 3.43. The van der Waals surface area contributed by atoms with Crippen LogP contribution >= 0.6 is 11.3 Å². The summed E-state index contributed by atoms with van der Waals surface area (Å²) in [7, 11) is 0. The Bertz CT molecular complexity index is 354. The van der Waals surface area contributed by atoms with Crippen molar-refractivity contribution in [1.82, 2.24) is 5.32 Å². The van der Waals surface area contributed by atoms with Gasteiger partial charge in [0.05, 0.1) is 17.6 Å². The predicted octanol–water partition coefficient (Wildman–Crippen LogP) is 2.70. The SMILES string of the molecule is CC(C)(C#N)CCCNCC(O)c1ccsc1. The van der Waals surface area contributed by atoms with Gasteiger partial charge < -0.3 is 10.4 Å². The monoisotopic (exact) mass is 252 g/mol. The van der Waals surface area contributed by atoms with E-state index < -0.39 is 6.10 Å². The molecule has 17 heavy (non-hydrogen) atoms. The largest absolute Gasteiger partial charge is 0.387 e. The molecular weight excluding hydrogens is 232 g/mol. The normalized spacial score (nSPS) is 13.3. The van der Waals surface area contributed by atoms with Crippen molar-refractivity contribution < 1.29 is 5.11 Å².